The molecule has 0 unspecified atom stereocenters. The largest absolute Gasteiger partial charge is 0.493 e. The lowest BCUT2D eigenvalue weighted by Crippen LogP contribution is -2.44. The number of ether oxygens (including phenoxy) is 2. The first-order valence-electron chi connectivity index (χ1n) is 10.9. The first-order valence-corrected chi connectivity index (χ1v) is 10.9. The minimum Gasteiger partial charge on any atom is -0.493 e. The van der Waals surface area contributed by atoms with Crippen molar-refractivity contribution in [1.82, 2.24) is 14.9 Å². The zero-order valence-corrected chi connectivity index (χ0v) is 18.8. The molecule has 0 bridgehead atoms. The molecule has 6 nitrogen and oxygen atoms in total. The van der Waals surface area contributed by atoms with Gasteiger partial charge >= 0.3 is 0 Å². The molecule has 4 aromatic rings. The Morgan fingerprint density at radius 2 is 1.53 bits per heavy atom. The molecule has 3 heterocycles. The van der Waals surface area contributed by atoms with Crippen molar-refractivity contribution in [3.63, 3.8) is 0 Å². The Labute approximate surface area is 188 Å². The number of fused-ring (bicyclic) bond motifs is 1. The van der Waals surface area contributed by atoms with Crippen LogP contribution in [0.1, 0.15) is 0 Å². The van der Waals surface area contributed by atoms with Gasteiger partial charge in [0.1, 0.15) is 5.65 Å². The minimum atomic E-state index is 0.711. The van der Waals surface area contributed by atoms with Gasteiger partial charge in [0.15, 0.2) is 11.5 Å². The number of methoxy groups -OCH3 is 2. The minimum absolute atomic E-state index is 0.711. The van der Waals surface area contributed by atoms with E-state index in [2.05, 4.69) is 57.1 Å². The summed E-state index contributed by atoms with van der Waals surface area (Å²) in [5, 5.41) is 1.08. The molecule has 5 rings (SSSR count). The first-order chi connectivity index (χ1) is 15.7. The van der Waals surface area contributed by atoms with Crippen LogP contribution in [0.2, 0.25) is 0 Å². The molecule has 0 atom stereocenters. The summed E-state index contributed by atoms with van der Waals surface area (Å²) in [6.07, 6.45) is 3.93. The number of aromatic amines is 1. The Morgan fingerprint density at radius 3 is 2.25 bits per heavy atom. The van der Waals surface area contributed by atoms with Crippen molar-refractivity contribution in [3.05, 3.63) is 60.9 Å². The number of likely N-dealkylation sites (N-methyl/N-ethyl adjacent to an activating group) is 1. The van der Waals surface area contributed by atoms with Crippen molar-refractivity contribution in [3.8, 4) is 33.8 Å². The standard InChI is InChI=1S/C26H28N4O2/c1-29-10-12-30(13-11-29)21-7-4-18(5-8-21)20-14-22-23(17-28-26(22)27-16-20)19-6-9-24(31-2)25(15-19)32-3/h4-9,14-17H,10-13H2,1-3H3,(H,27,28). The van der Waals surface area contributed by atoms with Crippen molar-refractivity contribution < 1.29 is 9.47 Å². The molecule has 1 saturated heterocycles. The summed E-state index contributed by atoms with van der Waals surface area (Å²) in [6, 6.07) is 17.0. The number of benzene rings is 2. The Balaban J connectivity index is 1.46. The maximum atomic E-state index is 5.49. The van der Waals surface area contributed by atoms with Gasteiger partial charge in [-0.15, -0.1) is 0 Å². The summed E-state index contributed by atoms with van der Waals surface area (Å²) in [7, 11) is 5.48. The Bertz CT molecular complexity index is 1220. The van der Waals surface area contributed by atoms with E-state index in [-0.39, 0.29) is 0 Å². The molecule has 0 saturated carbocycles. The number of aromatic nitrogens is 2. The maximum absolute atomic E-state index is 5.49. The maximum Gasteiger partial charge on any atom is 0.161 e. The average Bonchev–Trinajstić information content (AvgIpc) is 3.27. The molecule has 0 spiro atoms. The predicted octanol–water partition coefficient (Wildman–Crippen LogP) is 4.67. The van der Waals surface area contributed by atoms with E-state index in [1.165, 1.54) is 5.69 Å². The van der Waals surface area contributed by atoms with E-state index in [1.54, 1.807) is 14.2 Å². The van der Waals surface area contributed by atoms with Gasteiger partial charge in [-0.25, -0.2) is 4.98 Å². The van der Waals surface area contributed by atoms with Gasteiger partial charge in [-0.2, -0.15) is 0 Å². The lowest BCUT2D eigenvalue weighted by atomic mass is 10.0. The zero-order valence-electron chi connectivity index (χ0n) is 18.8. The highest BCUT2D eigenvalue weighted by Gasteiger charge is 2.15. The van der Waals surface area contributed by atoms with Crippen LogP contribution in [0.15, 0.2) is 60.9 Å². The fourth-order valence-electron chi connectivity index (χ4n) is 4.33. The van der Waals surface area contributed by atoms with Crippen LogP contribution in [0.4, 0.5) is 5.69 Å². The topological polar surface area (TPSA) is 53.6 Å². The van der Waals surface area contributed by atoms with Crippen LogP contribution in [-0.4, -0.2) is 62.3 Å². The molecule has 0 aliphatic carbocycles. The Kier molecular flexibility index (Phi) is 5.45. The smallest absolute Gasteiger partial charge is 0.161 e. The summed E-state index contributed by atoms with van der Waals surface area (Å²) in [5.41, 5.74) is 6.55. The number of anilines is 1. The molecule has 1 aliphatic heterocycles. The third kappa shape index (κ3) is 3.78. The molecule has 0 radical (unpaired) electrons. The third-order valence-corrected chi connectivity index (χ3v) is 6.29. The summed E-state index contributed by atoms with van der Waals surface area (Å²) >= 11 is 0. The summed E-state index contributed by atoms with van der Waals surface area (Å²) in [6.45, 7) is 4.35. The van der Waals surface area contributed by atoms with Crippen LogP contribution < -0.4 is 14.4 Å². The fraction of sp³-hybridized carbons (Fsp3) is 0.269. The van der Waals surface area contributed by atoms with Crippen LogP contribution in [0.5, 0.6) is 11.5 Å². The highest BCUT2D eigenvalue weighted by molar-refractivity contribution is 5.96. The van der Waals surface area contributed by atoms with E-state index in [0.29, 0.717) is 5.75 Å². The number of H-pyrrole nitrogens is 1. The molecule has 1 N–H and O–H groups in total. The lowest BCUT2D eigenvalue weighted by molar-refractivity contribution is 0.313. The van der Waals surface area contributed by atoms with Gasteiger partial charge in [-0.1, -0.05) is 18.2 Å². The molecular formula is C26H28N4O2. The normalized spacial score (nSPS) is 14.7. The van der Waals surface area contributed by atoms with E-state index in [4.69, 9.17) is 9.47 Å². The second-order valence-corrected chi connectivity index (χ2v) is 8.23. The van der Waals surface area contributed by atoms with Crippen LogP contribution in [0.25, 0.3) is 33.3 Å². The summed E-state index contributed by atoms with van der Waals surface area (Å²) in [4.78, 5) is 12.8. The lowest BCUT2D eigenvalue weighted by Gasteiger charge is -2.34. The van der Waals surface area contributed by atoms with Crippen molar-refractivity contribution in [2.75, 3.05) is 52.3 Å². The SMILES string of the molecule is COc1ccc(-c2c[nH]c3ncc(-c4ccc(N5CCN(C)CC5)cc4)cc23)cc1OC. The molecular weight excluding hydrogens is 400 g/mol. The number of hydrogen-bond donors (Lipinski definition) is 1. The third-order valence-electron chi connectivity index (χ3n) is 6.29. The number of nitrogens with one attached hydrogen (secondary N) is 1. The second-order valence-electron chi connectivity index (χ2n) is 8.23. The van der Waals surface area contributed by atoms with Gasteiger partial charge < -0.3 is 24.3 Å². The van der Waals surface area contributed by atoms with Gasteiger partial charge in [-0.05, 0) is 48.5 Å². The molecule has 32 heavy (non-hydrogen) atoms. The van der Waals surface area contributed by atoms with Gasteiger partial charge in [0.05, 0.1) is 14.2 Å². The molecule has 2 aromatic heterocycles. The van der Waals surface area contributed by atoms with Crippen LogP contribution in [0, 0.1) is 0 Å². The number of pyridine rings is 1. The number of hydrogen-bond acceptors (Lipinski definition) is 5. The molecule has 164 valence electrons. The van der Waals surface area contributed by atoms with E-state index in [9.17, 15) is 0 Å². The van der Waals surface area contributed by atoms with Crippen molar-refractivity contribution in [2.24, 2.45) is 0 Å². The monoisotopic (exact) mass is 428 g/mol. The highest BCUT2D eigenvalue weighted by Crippen LogP contribution is 2.36. The number of rotatable bonds is 5. The predicted molar refractivity (Wildman–Crippen MR) is 130 cm³/mol. The Morgan fingerprint density at radius 1 is 0.812 bits per heavy atom. The highest BCUT2D eigenvalue weighted by atomic mass is 16.5. The quantitative estimate of drug-likeness (QED) is 0.501. The average molecular weight is 429 g/mol. The molecule has 2 aromatic carbocycles. The van der Waals surface area contributed by atoms with Gasteiger partial charge in [-0.3, -0.25) is 0 Å². The Hall–Kier alpha value is -3.51. The van der Waals surface area contributed by atoms with Gasteiger partial charge in [0, 0.05) is 60.8 Å². The van der Waals surface area contributed by atoms with E-state index < -0.39 is 0 Å². The number of nitrogens with zero attached hydrogens (tertiary/aromatic N) is 3. The number of piperazine rings is 1. The van der Waals surface area contributed by atoms with Gasteiger partial charge in [0.25, 0.3) is 0 Å². The van der Waals surface area contributed by atoms with E-state index in [0.717, 1.165) is 65.2 Å². The van der Waals surface area contributed by atoms with Crippen molar-refractivity contribution in [1.29, 1.82) is 0 Å². The fourth-order valence-corrected chi connectivity index (χ4v) is 4.33. The van der Waals surface area contributed by atoms with Crippen LogP contribution >= 0.6 is 0 Å². The molecule has 1 fully saturated rings. The summed E-state index contributed by atoms with van der Waals surface area (Å²) in [5.74, 6) is 1.43. The molecule has 1 aliphatic rings. The summed E-state index contributed by atoms with van der Waals surface area (Å²) < 4.78 is 10.9. The van der Waals surface area contributed by atoms with E-state index >= 15 is 0 Å². The second kappa shape index (κ2) is 8.55. The van der Waals surface area contributed by atoms with Crippen LogP contribution in [0.3, 0.4) is 0 Å². The van der Waals surface area contributed by atoms with Gasteiger partial charge in [0.2, 0.25) is 0 Å². The van der Waals surface area contributed by atoms with Crippen molar-refractivity contribution >= 4 is 16.7 Å². The van der Waals surface area contributed by atoms with Crippen LogP contribution in [-0.2, 0) is 0 Å². The zero-order chi connectivity index (χ0) is 22.1. The molecule has 6 heteroatoms. The first kappa shape index (κ1) is 20.4. The van der Waals surface area contributed by atoms with E-state index in [1.807, 2.05) is 30.6 Å². The molecule has 0 amide bonds. The van der Waals surface area contributed by atoms with Crippen molar-refractivity contribution in [2.45, 2.75) is 0 Å².